The first kappa shape index (κ1) is 21.3. The molecule has 0 saturated heterocycles. The summed E-state index contributed by atoms with van der Waals surface area (Å²) in [5.74, 6) is -0.922. The molecule has 3 atom stereocenters. The highest BCUT2D eigenvalue weighted by Gasteiger charge is 2.45. The molecular weight excluding hydrogens is 370 g/mol. The summed E-state index contributed by atoms with van der Waals surface area (Å²) < 4.78 is 66.8. The SMILES string of the molecule is CC(C)(C)S(=O)N[C@](C)(C[C@H](O)C(F)(F)F)c1cccc(Cl)c1F. The maximum absolute atomic E-state index is 14.4. The van der Waals surface area contributed by atoms with Crippen LogP contribution in [-0.2, 0) is 16.5 Å². The minimum absolute atomic E-state index is 0.198. The number of hydrogen-bond acceptors (Lipinski definition) is 2. The minimum Gasteiger partial charge on any atom is -0.384 e. The van der Waals surface area contributed by atoms with Crippen LogP contribution in [0.3, 0.4) is 0 Å². The third kappa shape index (κ3) is 5.15. The second kappa shape index (κ2) is 7.27. The van der Waals surface area contributed by atoms with Gasteiger partial charge in [-0.05, 0) is 33.8 Å². The highest BCUT2D eigenvalue weighted by molar-refractivity contribution is 7.84. The van der Waals surface area contributed by atoms with Gasteiger partial charge >= 0.3 is 6.18 Å². The Balaban J connectivity index is 3.35. The number of halogens is 5. The number of hydrogen-bond donors (Lipinski definition) is 2. The van der Waals surface area contributed by atoms with Crippen LogP contribution in [0, 0.1) is 5.82 Å². The molecule has 0 spiro atoms. The lowest BCUT2D eigenvalue weighted by atomic mass is 9.87. The van der Waals surface area contributed by atoms with E-state index in [0.29, 0.717) is 0 Å². The zero-order chi connectivity index (χ0) is 18.9. The van der Waals surface area contributed by atoms with E-state index in [1.165, 1.54) is 25.1 Å². The van der Waals surface area contributed by atoms with Crippen molar-refractivity contribution in [1.29, 1.82) is 0 Å². The molecule has 2 N–H and O–H groups in total. The summed E-state index contributed by atoms with van der Waals surface area (Å²) >= 11 is 5.71. The van der Waals surface area contributed by atoms with Gasteiger partial charge in [-0.1, -0.05) is 23.7 Å². The molecule has 0 heterocycles. The van der Waals surface area contributed by atoms with Crippen LogP contribution >= 0.6 is 11.6 Å². The molecule has 0 saturated carbocycles. The van der Waals surface area contributed by atoms with Gasteiger partial charge in [0.05, 0.1) is 26.3 Å². The predicted molar refractivity (Wildman–Crippen MR) is 86.5 cm³/mol. The first-order valence-corrected chi connectivity index (χ1v) is 8.60. The smallest absolute Gasteiger partial charge is 0.384 e. The number of rotatable bonds is 5. The van der Waals surface area contributed by atoms with E-state index in [1.54, 1.807) is 20.8 Å². The molecule has 24 heavy (non-hydrogen) atoms. The Bertz CT molecular complexity index is 618. The predicted octanol–water partition coefficient (Wildman–Crippen LogP) is 4.06. The van der Waals surface area contributed by atoms with E-state index >= 15 is 0 Å². The molecule has 0 aliphatic rings. The largest absolute Gasteiger partial charge is 0.414 e. The highest BCUT2D eigenvalue weighted by atomic mass is 35.5. The fourth-order valence-electron chi connectivity index (χ4n) is 2.00. The topological polar surface area (TPSA) is 49.3 Å². The first-order chi connectivity index (χ1) is 10.7. The molecule has 1 unspecified atom stereocenters. The van der Waals surface area contributed by atoms with Gasteiger partial charge < -0.3 is 5.11 Å². The van der Waals surface area contributed by atoms with E-state index in [-0.39, 0.29) is 10.6 Å². The molecule has 0 aliphatic carbocycles. The van der Waals surface area contributed by atoms with Gasteiger partial charge in [0.15, 0.2) is 6.10 Å². The van der Waals surface area contributed by atoms with E-state index in [9.17, 15) is 26.9 Å². The third-order valence-corrected chi connectivity index (χ3v) is 5.44. The lowest BCUT2D eigenvalue weighted by molar-refractivity contribution is -0.209. The lowest BCUT2D eigenvalue weighted by Crippen LogP contribution is -2.50. The standard InChI is InChI=1S/C15H20ClF4NO2S/c1-13(2,3)24(23)21-14(4,8-11(22)15(18,19)20)9-6-5-7-10(16)12(9)17/h5-7,11,21-22H,8H2,1-4H3/t11-,14+,24?/m0/s1. The number of nitrogens with one attached hydrogen (secondary N) is 1. The van der Waals surface area contributed by atoms with Crippen molar-refractivity contribution < 1.29 is 26.9 Å². The second-order valence-electron chi connectivity index (χ2n) is 6.68. The summed E-state index contributed by atoms with van der Waals surface area (Å²) in [5.41, 5.74) is -1.95. The van der Waals surface area contributed by atoms with Crippen molar-refractivity contribution in [3.8, 4) is 0 Å². The van der Waals surface area contributed by atoms with E-state index in [4.69, 9.17) is 11.6 Å². The summed E-state index contributed by atoms with van der Waals surface area (Å²) in [6, 6.07) is 3.87. The number of aliphatic hydroxyl groups excluding tert-OH is 1. The summed E-state index contributed by atoms with van der Waals surface area (Å²) in [6.45, 7) is 6.10. The molecule has 138 valence electrons. The van der Waals surface area contributed by atoms with Crippen molar-refractivity contribution in [2.75, 3.05) is 0 Å². The van der Waals surface area contributed by atoms with Crippen molar-refractivity contribution >= 4 is 22.6 Å². The Morgan fingerprint density at radius 2 is 1.79 bits per heavy atom. The van der Waals surface area contributed by atoms with Gasteiger partial charge in [0.1, 0.15) is 5.82 Å². The molecule has 0 aliphatic heterocycles. The molecule has 9 heteroatoms. The van der Waals surface area contributed by atoms with Crippen LogP contribution in [-0.4, -0.2) is 26.3 Å². The second-order valence-corrected chi connectivity index (χ2v) is 9.05. The van der Waals surface area contributed by atoms with Crippen molar-refractivity contribution in [2.45, 2.75) is 56.7 Å². The van der Waals surface area contributed by atoms with Gasteiger partial charge in [-0.15, -0.1) is 0 Å². The zero-order valence-electron chi connectivity index (χ0n) is 13.7. The maximum Gasteiger partial charge on any atom is 0.414 e. The molecule has 0 bridgehead atoms. The van der Waals surface area contributed by atoms with Gasteiger partial charge in [0.2, 0.25) is 0 Å². The van der Waals surface area contributed by atoms with E-state index in [2.05, 4.69) is 4.72 Å². The van der Waals surface area contributed by atoms with Crippen LogP contribution in [0.4, 0.5) is 17.6 Å². The number of alkyl halides is 3. The van der Waals surface area contributed by atoms with Crippen LogP contribution in [0.2, 0.25) is 5.02 Å². The Labute approximate surface area is 146 Å². The number of aliphatic hydroxyl groups is 1. The highest BCUT2D eigenvalue weighted by Crippen LogP contribution is 2.36. The third-order valence-electron chi connectivity index (χ3n) is 3.40. The maximum atomic E-state index is 14.4. The summed E-state index contributed by atoms with van der Waals surface area (Å²) in [5, 5.41) is 9.16. The molecule has 3 nitrogen and oxygen atoms in total. The normalized spacial score (nSPS) is 18.1. The minimum atomic E-state index is -4.89. The average Bonchev–Trinajstić information content (AvgIpc) is 2.39. The monoisotopic (exact) mass is 389 g/mol. The van der Waals surface area contributed by atoms with Crippen molar-refractivity contribution in [2.24, 2.45) is 0 Å². The lowest BCUT2D eigenvalue weighted by Gasteiger charge is -2.36. The van der Waals surface area contributed by atoms with Gasteiger partial charge in [0.25, 0.3) is 0 Å². The fourth-order valence-corrected chi connectivity index (χ4v) is 3.08. The van der Waals surface area contributed by atoms with Crippen LogP contribution in [0.1, 0.15) is 39.7 Å². The summed E-state index contributed by atoms with van der Waals surface area (Å²) in [6.07, 6.45) is -8.53. The van der Waals surface area contributed by atoms with Crippen LogP contribution in [0.5, 0.6) is 0 Å². The van der Waals surface area contributed by atoms with E-state index in [0.717, 1.165) is 0 Å². The van der Waals surface area contributed by atoms with Crippen LogP contribution in [0.15, 0.2) is 18.2 Å². The average molecular weight is 390 g/mol. The van der Waals surface area contributed by atoms with Gasteiger partial charge in [0, 0.05) is 12.0 Å². The molecule has 1 rings (SSSR count). The molecule has 0 aromatic heterocycles. The zero-order valence-corrected chi connectivity index (χ0v) is 15.2. The Morgan fingerprint density at radius 3 is 2.25 bits per heavy atom. The molecule has 0 fully saturated rings. The first-order valence-electron chi connectivity index (χ1n) is 7.07. The summed E-state index contributed by atoms with van der Waals surface area (Å²) in [4.78, 5) is 0. The molecule has 0 amide bonds. The van der Waals surface area contributed by atoms with E-state index < -0.39 is 45.8 Å². The van der Waals surface area contributed by atoms with Crippen molar-refractivity contribution in [1.82, 2.24) is 4.72 Å². The van der Waals surface area contributed by atoms with Crippen LogP contribution in [0.25, 0.3) is 0 Å². The van der Waals surface area contributed by atoms with Gasteiger partial charge in [-0.25, -0.2) is 13.3 Å². The van der Waals surface area contributed by atoms with Gasteiger partial charge in [-0.3, -0.25) is 0 Å². The Hall–Kier alpha value is -0.700. The van der Waals surface area contributed by atoms with E-state index in [1.807, 2.05) is 0 Å². The summed E-state index contributed by atoms with van der Waals surface area (Å²) in [7, 11) is -1.80. The fraction of sp³-hybridized carbons (Fsp3) is 0.600. The molecule has 0 radical (unpaired) electrons. The van der Waals surface area contributed by atoms with Crippen molar-refractivity contribution in [3.05, 3.63) is 34.6 Å². The molecule has 1 aromatic rings. The van der Waals surface area contributed by atoms with Gasteiger partial charge in [-0.2, -0.15) is 13.2 Å². The Morgan fingerprint density at radius 1 is 1.25 bits per heavy atom. The molecule has 1 aromatic carbocycles. The molecular formula is C15H20ClF4NO2S. The van der Waals surface area contributed by atoms with Crippen LogP contribution < -0.4 is 4.72 Å². The van der Waals surface area contributed by atoms with Crippen molar-refractivity contribution in [3.63, 3.8) is 0 Å². The number of benzene rings is 1. The Kier molecular flexibility index (Phi) is 6.47. The quantitative estimate of drug-likeness (QED) is 0.746.